The van der Waals surface area contributed by atoms with E-state index in [2.05, 4.69) is 35.1 Å². The zero-order valence-corrected chi connectivity index (χ0v) is 14.4. The minimum absolute atomic E-state index is 0.0676. The third-order valence-electron chi connectivity index (χ3n) is 4.34. The standard InChI is InChI=1S/C16H22BrClFN/c1-3-7-20-16(11-6-4-5-10(11)2)12-8-14(18)13(17)9-15(12)19/h8-11,16,20H,3-7H2,1-2H3. The van der Waals surface area contributed by atoms with Crippen LogP contribution >= 0.6 is 27.5 Å². The van der Waals surface area contributed by atoms with Crippen LogP contribution in [0.1, 0.15) is 51.1 Å². The Hall–Kier alpha value is -0.120. The molecule has 0 heterocycles. The lowest BCUT2D eigenvalue weighted by Crippen LogP contribution is -2.31. The average Bonchev–Trinajstić information content (AvgIpc) is 2.82. The molecule has 2 rings (SSSR count). The Morgan fingerprint density at radius 1 is 1.45 bits per heavy atom. The molecular weight excluding hydrogens is 341 g/mol. The van der Waals surface area contributed by atoms with Crippen LogP contribution in [-0.2, 0) is 0 Å². The second-order valence-corrected chi connectivity index (χ2v) is 7.05. The van der Waals surface area contributed by atoms with Crippen molar-refractivity contribution in [3.05, 3.63) is 33.0 Å². The quantitative estimate of drug-likeness (QED) is 0.661. The summed E-state index contributed by atoms with van der Waals surface area (Å²) >= 11 is 9.45. The van der Waals surface area contributed by atoms with Crippen LogP contribution in [0.4, 0.5) is 4.39 Å². The highest BCUT2D eigenvalue weighted by Crippen LogP contribution is 2.42. The van der Waals surface area contributed by atoms with E-state index in [0.29, 0.717) is 26.9 Å². The van der Waals surface area contributed by atoms with Gasteiger partial charge in [0.25, 0.3) is 0 Å². The molecule has 0 aromatic heterocycles. The highest BCUT2D eigenvalue weighted by atomic mass is 79.9. The predicted molar refractivity (Wildman–Crippen MR) is 86.6 cm³/mol. The van der Waals surface area contributed by atoms with Gasteiger partial charge in [0.1, 0.15) is 5.82 Å². The zero-order chi connectivity index (χ0) is 14.7. The number of hydrogen-bond acceptors (Lipinski definition) is 1. The summed E-state index contributed by atoms with van der Waals surface area (Å²) in [4.78, 5) is 0. The maximum atomic E-state index is 14.4. The monoisotopic (exact) mass is 361 g/mol. The topological polar surface area (TPSA) is 12.0 Å². The van der Waals surface area contributed by atoms with Gasteiger partial charge in [0, 0.05) is 16.1 Å². The third-order valence-corrected chi connectivity index (χ3v) is 5.54. The van der Waals surface area contributed by atoms with E-state index in [1.165, 1.54) is 18.9 Å². The maximum Gasteiger partial charge on any atom is 0.129 e. The molecule has 0 bridgehead atoms. The van der Waals surface area contributed by atoms with E-state index in [4.69, 9.17) is 11.6 Å². The van der Waals surface area contributed by atoms with Crippen LogP contribution in [0.25, 0.3) is 0 Å². The van der Waals surface area contributed by atoms with Gasteiger partial charge in [-0.25, -0.2) is 4.39 Å². The van der Waals surface area contributed by atoms with Crippen molar-refractivity contribution in [1.82, 2.24) is 5.32 Å². The van der Waals surface area contributed by atoms with Gasteiger partial charge in [0.05, 0.1) is 5.02 Å². The first-order valence-corrected chi connectivity index (χ1v) is 8.59. The van der Waals surface area contributed by atoms with Crippen molar-refractivity contribution in [3.8, 4) is 0 Å². The van der Waals surface area contributed by atoms with Crippen LogP contribution in [0.15, 0.2) is 16.6 Å². The fraction of sp³-hybridized carbons (Fsp3) is 0.625. The van der Waals surface area contributed by atoms with E-state index < -0.39 is 0 Å². The fourth-order valence-corrected chi connectivity index (χ4v) is 3.72. The molecule has 1 aromatic carbocycles. The third kappa shape index (κ3) is 3.55. The van der Waals surface area contributed by atoms with Crippen LogP contribution in [0.5, 0.6) is 0 Å². The van der Waals surface area contributed by atoms with E-state index in [1.54, 1.807) is 6.07 Å². The Morgan fingerprint density at radius 2 is 2.20 bits per heavy atom. The molecule has 1 nitrogen and oxygen atoms in total. The molecule has 3 atom stereocenters. The molecule has 1 aromatic rings. The van der Waals surface area contributed by atoms with Crippen molar-refractivity contribution in [2.24, 2.45) is 11.8 Å². The predicted octanol–water partition coefficient (Wildman–Crippen LogP) is 5.72. The summed E-state index contributed by atoms with van der Waals surface area (Å²) in [5, 5.41) is 4.11. The van der Waals surface area contributed by atoms with E-state index in [-0.39, 0.29) is 11.9 Å². The molecule has 1 N–H and O–H groups in total. The van der Waals surface area contributed by atoms with Gasteiger partial charge in [-0.2, -0.15) is 0 Å². The average molecular weight is 363 g/mol. The summed E-state index contributed by atoms with van der Waals surface area (Å²) in [7, 11) is 0. The van der Waals surface area contributed by atoms with Crippen molar-refractivity contribution in [2.45, 2.75) is 45.6 Å². The number of rotatable bonds is 5. The van der Waals surface area contributed by atoms with Gasteiger partial charge in [0.2, 0.25) is 0 Å². The fourth-order valence-electron chi connectivity index (χ4n) is 3.24. The Labute approximate surface area is 134 Å². The lowest BCUT2D eigenvalue weighted by molar-refractivity contribution is 0.295. The van der Waals surface area contributed by atoms with E-state index >= 15 is 0 Å². The lowest BCUT2D eigenvalue weighted by Gasteiger charge is -2.29. The molecule has 1 aliphatic carbocycles. The van der Waals surface area contributed by atoms with Gasteiger partial charge < -0.3 is 5.32 Å². The molecule has 1 aliphatic rings. The highest BCUT2D eigenvalue weighted by Gasteiger charge is 2.33. The summed E-state index contributed by atoms with van der Waals surface area (Å²) < 4.78 is 15.0. The van der Waals surface area contributed by atoms with Crippen LogP contribution in [0, 0.1) is 17.7 Å². The second-order valence-electron chi connectivity index (χ2n) is 5.79. The molecular formula is C16H22BrClFN. The van der Waals surface area contributed by atoms with Crippen molar-refractivity contribution >= 4 is 27.5 Å². The Kier molecular flexibility index (Phi) is 5.88. The first-order chi connectivity index (χ1) is 9.54. The minimum Gasteiger partial charge on any atom is -0.310 e. The molecule has 112 valence electrons. The first-order valence-electron chi connectivity index (χ1n) is 7.42. The van der Waals surface area contributed by atoms with Gasteiger partial charge in [-0.1, -0.05) is 38.3 Å². The van der Waals surface area contributed by atoms with Crippen molar-refractivity contribution < 1.29 is 4.39 Å². The van der Waals surface area contributed by atoms with Crippen LogP contribution in [0.3, 0.4) is 0 Å². The molecule has 1 saturated carbocycles. The van der Waals surface area contributed by atoms with Gasteiger partial charge in [-0.15, -0.1) is 0 Å². The Morgan fingerprint density at radius 3 is 2.80 bits per heavy atom. The van der Waals surface area contributed by atoms with E-state index in [0.717, 1.165) is 19.4 Å². The normalized spacial score (nSPS) is 24.1. The lowest BCUT2D eigenvalue weighted by atomic mass is 9.85. The van der Waals surface area contributed by atoms with Gasteiger partial charge in [0.15, 0.2) is 0 Å². The van der Waals surface area contributed by atoms with Crippen LogP contribution in [-0.4, -0.2) is 6.54 Å². The second kappa shape index (κ2) is 7.24. The summed E-state index contributed by atoms with van der Waals surface area (Å²) in [6, 6.07) is 3.33. The van der Waals surface area contributed by atoms with E-state index in [9.17, 15) is 4.39 Å². The van der Waals surface area contributed by atoms with Crippen LogP contribution in [0.2, 0.25) is 5.02 Å². The summed E-state index contributed by atoms with van der Waals surface area (Å²) in [6.45, 7) is 5.31. The van der Waals surface area contributed by atoms with Gasteiger partial charge >= 0.3 is 0 Å². The summed E-state index contributed by atoms with van der Waals surface area (Å²) in [5.74, 6) is 0.952. The highest BCUT2D eigenvalue weighted by molar-refractivity contribution is 9.10. The first kappa shape index (κ1) is 16.3. The van der Waals surface area contributed by atoms with E-state index in [1.807, 2.05) is 0 Å². The Balaban J connectivity index is 2.32. The Bertz CT molecular complexity index is 466. The minimum atomic E-state index is -0.172. The summed E-state index contributed by atoms with van der Waals surface area (Å²) in [5.41, 5.74) is 0.713. The molecule has 1 fully saturated rings. The van der Waals surface area contributed by atoms with Gasteiger partial charge in [-0.3, -0.25) is 0 Å². The zero-order valence-electron chi connectivity index (χ0n) is 12.1. The van der Waals surface area contributed by atoms with Crippen molar-refractivity contribution in [1.29, 1.82) is 0 Å². The molecule has 0 aliphatic heterocycles. The number of benzene rings is 1. The van der Waals surface area contributed by atoms with Crippen molar-refractivity contribution in [3.63, 3.8) is 0 Å². The largest absolute Gasteiger partial charge is 0.310 e. The maximum absolute atomic E-state index is 14.4. The smallest absolute Gasteiger partial charge is 0.129 e. The number of hydrogen-bond donors (Lipinski definition) is 1. The molecule has 0 spiro atoms. The molecule has 4 heteroatoms. The molecule has 3 unspecified atom stereocenters. The van der Waals surface area contributed by atoms with Crippen molar-refractivity contribution in [2.75, 3.05) is 6.54 Å². The SMILES string of the molecule is CCCNC(c1cc(Cl)c(Br)cc1F)C1CCCC1C. The number of halogens is 3. The molecule has 0 radical (unpaired) electrons. The van der Waals surface area contributed by atoms with Crippen LogP contribution < -0.4 is 5.32 Å². The summed E-state index contributed by atoms with van der Waals surface area (Å²) in [6.07, 6.45) is 4.68. The molecule has 0 amide bonds. The van der Waals surface area contributed by atoms with Gasteiger partial charge in [-0.05, 0) is 59.3 Å². The molecule has 0 saturated heterocycles. The molecule has 20 heavy (non-hydrogen) atoms. The number of nitrogens with one attached hydrogen (secondary N) is 1.